The van der Waals surface area contributed by atoms with E-state index in [9.17, 15) is 17.6 Å². The summed E-state index contributed by atoms with van der Waals surface area (Å²) in [4.78, 5) is 20.5. The van der Waals surface area contributed by atoms with Crippen LogP contribution in [0.4, 0.5) is 23.4 Å². The SMILES string of the molecule is Cc1nc2nc(Cl)nc(N3C[C@@H](C)N(C(c4ccc(C(F)(F)F)cc4F)C(C)C)C[C@@H]3C)c2[nH]1. The number of halogens is 5. The molecule has 1 aliphatic heterocycles. The van der Waals surface area contributed by atoms with E-state index in [0.717, 1.165) is 6.07 Å². The molecule has 3 heterocycles. The van der Waals surface area contributed by atoms with Crippen LogP contribution in [-0.2, 0) is 6.18 Å². The molecule has 3 atom stereocenters. The van der Waals surface area contributed by atoms with Gasteiger partial charge in [-0.1, -0.05) is 19.9 Å². The van der Waals surface area contributed by atoms with E-state index in [4.69, 9.17) is 11.6 Å². The summed E-state index contributed by atoms with van der Waals surface area (Å²) in [6, 6.07) is 2.36. The second-order valence-corrected chi connectivity index (χ2v) is 9.65. The number of alkyl halides is 3. The number of fused-ring (bicyclic) bond motifs is 1. The molecule has 0 radical (unpaired) electrons. The molecule has 184 valence electrons. The van der Waals surface area contributed by atoms with Crippen molar-refractivity contribution < 1.29 is 17.6 Å². The number of piperazine rings is 1. The lowest BCUT2D eigenvalue weighted by molar-refractivity contribution is -0.137. The average Bonchev–Trinajstić information content (AvgIpc) is 3.10. The molecule has 0 spiro atoms. The maximum Gasteiger partial charge on any atom is 0.416 e. The van der Waals surface area contributed by atoms with Crippen molar-refractivity contribution >= 4 is 28.6 Å². The molecule has 6 nitrogen and oxygen atoms in total. The highest BCUT2D eigenvalue weighted by atomic mass is 35.5. The highest BCUT2D eigenvalue weighted by Gasteiger charge is 2.38. The van der Waals surface area contributed by atoms with Gasteiger partial charge in [0.15, 0.2) is 11.5 Å². The van der Waals surface area contributed by atoms with Crippen molar-refractivity contribution in [3.8, 4) is 0 Å². The Kier molecular flexibility index (Phi) is 6.50. The van der Waals surface area contributed by atoms with Gasteiger partial charge in [0.05, 0.1) is 5.56 Å². The summed E-state index contributed by atoms with van der Waals surface area (Å²) >= 11 is 6.16. The second kappa shape index (κ2) is 8.96. The van der Waals surface area contributed by atoms with Crippen LogP contribution < -0.4 is 4.90 Å². The third-order valence-corrected chi connectivity index (χ3v) is 6.53. The standard InChI is InChI=1S/C23H27ClF4N6/c1-11(2)19(16-7-6-15(8-17(16)25)23(26,27)28)33-9-13(4)34(10-12(33)3)21-18-20(30-14(5)29-18)31-22(24)32-21/h6-8,11-13,19H,9-10H2,1-5H3,(H,29,30,31,32)/t12-,13+,19?/m1/s1. The molecular weight excluding hydrogens is 472 g/mol. The predicted octanol–water partition coefficient (Wildman–Crippen LogP) is 5.77. The Labute approximate surface area is 200 Å². The molecule has 1 aromatic carbocycles. The maximum atomic E-state index is 15.0. The van der Waals surface area contributed by atoms with Crippen LogP contribution in [0.1, 0.15) is 50.7 Å². The van der Waals surface area contributed by atoms with Crippen molar-refractivity contribution in [1.29, 1.82) is 0 Å². The van der Waals surface area contributed by atoms with Gasteiger partial charge in [0.1, 0.15) is 17.2 Å². The van der Waals surface area contributed by atoms with E-state index in [2.05, 4.69) is 29.7 Å². The zero-order valence-corrected chi connectivity index (χ0v) is 20.3. The molecule has 1 N–H and O–H groups in total. The zero-order chi connectivity index (χ0) is 24.9. The Bertz CT molecular complexity index is 1190. The van der Waals surface area contributed by atoms with Crippen molar-refractivity contribution in [3.05, 3.63) is 46.3 Å². The normalized spacial score (nSPS) is 21.0. The first-order valence-corrected chi connectivity index (χ1v) is 11.5. The Morgan fingerprint density at radius 3 is 2.41 bits per heavy atom. The number of H-pyrrole nitrogens is 1. The van der Waals surface area contributed by atoms with Crippen molar-refractivity contribution in [2.75, 3.05) is 18.0 Å². The zero-order valence-electron chi connectivity index (χ0n) is 19.6. The molecule has 3 aromatic rings. The quantitative estimate of drug-likeness (QED) is 0.365. The number of aryl methyl sites for hydroxylation is 1. The molecule has 2 aromatic heterocycles. The molecule has 34 heavy (non-hydrogen) atoms. The molecule has 4 rings (SSSR count). The van der Waals surface area contributed by atoms with Crippen LogP contribution in [0.3, 0.4) is 0 Å². The summed E-state index contributed by atoms with van der Waals surface area (Å²) in [6.07, 6.45) is -4.59. The third kappa shape index (κ3) is 4.57. The van der Waals surface area contributed by atoms with Gasteiger partial charge in [0.25, 0.3) is 0 Å². The first kappa shape index (κ1) is 24.7. The van der Waals surface area contributed by atoms with Crippen LogP contribution in [0.5, 0.6) is 0 Å². The summed E-state index contributed by atoms with van der Waals surface area (Å²) in [6.45, 7) is 10.9. The second-order valence-electron chi connectivity index (χ2n) is 9.31. The first-order valence-electron chi connectivity index (χ1n) is 11.2. The number of imidazole rings is 1. The molecular formula is C23H27ClF4N6. The number of hydrogen-bond donors (Lipinski definition) is 1. The van der Waals surface area contributed by atoms with Crippen LogP contribution in [0.15, 0.2) is 18.2 Å². The number of aromatic nitrogens is 4. The van der Waals surface area contributed by atoms with Crippen LogP contribution in [0, 0.1) is 18.7 Å². The van der Waals surface area contributed by atoms with E-state index in [0.29, 0.717) is 42.0 Å². The minimum atomic E-state index is -4.59. The fourth-order valence-electron chi connectivity index (χ4n) is 4.88. The molecule has 0 aliphatic carbocycles. The fraction of sp³-hybridized carbons (Fsp3) is 0.522. The van der Waals surface area contributed by atoms with E-state index >= 15 is 0 Å². The van der Waals surface area contributed by atoms with Gasteiger partial charge < -0.3 is 9.88 Å². The van der Waals surface area contributed by atoms with Gasteiger partial charge in [0, 0.05) is 36.8 Å². The summed E-state index contributed by atoms with van der Waals surface area (Å²) in [5.74, 6) is 0.483. The molecule has 0 bridgehead atoms. The van der Waals surface area contributed by atoms with Gasteiger partial charge in [-0.3, -0.25) is 4.90 Å². The number of hydrogen-bond acceptors (Lipinski definition) is 5. The number of rotatable bonds is 4. The lowest BCUT2D eigenvalue weighted by atomic mass is 9.90. The summed E-state index contributed by atoms with van der Waals surface area (Å²) in [5.41, 5.74) is 0.472. The lowest BCUT2D eigenvalue weighted by Gasteiger charge is -2.49. The first-order chi connectivity index (χ1) is 15.9. The monoisotopic (exact) mass is 498 g/mol. The van der Waals surface area contributed by atoms with Gasteiger partial charge >= 0.3 is 6.18 Å². The van der Waals surface area contributed by atoms with E-state index in [1.165, 1.54) is 6.07 Å². The molecule has 1 aliphatic rings. The van der Waals surface area contributed by atoms with Gasteiger partial charge in [-0.05, 0) is 50.4 Å². The molecule has 1 saturated heterocycles. The molecule has 11 heteroatoms. The Morgan fingerprint density at radius 1 is 1.09 bits per heavy atom. The topological polar surface area (TPSA) is 60.9 Å². The number of nitrogens with zero attached hydrogens (tertiary/aromatic N) is 5. The average molecular weight is 499 g/mol. The van der Waals surface area contributed by atoms with Crippen LogP contribution in [-0.4, -0.2) is 50.0 Å². The minimum Gasteiger partial charge on any atom is -0.349 e. The Morgan fingerprint density at radius 2 is 1.79 bits per heavy atom. The van der Waals surface area contributed by atoms with E-state index in [1.54, 1.807) is 0 Å². The van der Waals surface area contributed by atoms with Crippen molar-refractivity contribution in [3.63, 3.8) is 0 Å². The number of anilines is 1. The van der Waals surface area contributed by atoms with Gasteiger partial charge in [-0.2, -0.15) is 23.1 Å². The summed E-state index contributed by atoms with van der Waals surface area (Å²) in [5, 5.41) is 0.100. The van der Waals surface area contributed by atoms with Gasteiger partial charge in [0.2, 0.25) is 5.28 Å². The highest BCUT2D eigenvalue weighted by molar-refractivity contribution is 6.28. The number of benzene rings is 1. The molecule has 0 amide bonds. The fourth-order valence-corrected chi connectivity index (χ4v) is 5.04. The number of nitrogens with one attached hydrogen (secondary N) is 1. The Balaban J connectivity index is 1.66. The predicted molar refractivity (Wildman–Crippen MR) is 123 cm³/mol. The maximum absolute atomic E-state index is 15.0. The summed E-state index contributed by atoms with van der Waals surface area (Å²) < 4.78 is 54.1. The van der Waals surface area contributed by atoms with Crippen LogP contribution in [0.2, 0.25) is 5.28 Å². The molecule has 0 saturated carbocycles. The molecule has 1 fully saturated rings. The van der Waals surface area contributed by atoms with Crippen molar-refractivity contribution in [2.45, 2.75) is 58.9 Å². The van der Waals surface area contributed by atoms with E-state index in [-0.39, 0.29) is 34.9 Å². The van der Waals surface area contributed by atoms with Crippen molar-refractivity contribution in [1.82, 2.24) is 24.8 Å². The number of aromatic amines is 1. The van der Waals surface area contributed by atoms with Gasteiger partial charge in [-0.25, -0.2) is 9.37 Å². The minimum absolute atomic E-state index is 0.0251. The highest BCUT2D eigenvalue weighted by Crippen LogP contribution is 2.38. The summed E-state index contributed by atoms with van der Waals surface area (Å²) in [7, 11) is 0. The Hall–Kier alpha value is -2.46. The lowest BCUT2D eigenvalue weighted by Crippen LogP contribution is -2.58. The van der Waals surface area contributed by atoms with Crippen molar-refractivity contribution in [2.24, 2.45) is 5.92 Å². The smallest absolute Gasteiger partial charge is 0.349 e. The van der Waals surface area contributed by atoms with Gasteiger partial charge in [-0.15, -0.1) is 0 Å². The van der Waals surface area contributed by atoms with E-state index < -0.39 is 17.6 Å². The van der Waals surface area contributed by atoms with Crippen LogP contribution >= 0.6 is 11.6 Å². The largest absolute Gasteiger partial charge is 0.416 e. The van der Waals surface area contributed by atoms with E-state index in [1.807, 2.05) is 34.6 Å². The third-order valence-electron chi connectivity index (χ3n) is 6.36. The van der Waals surface area contributed by atoms with Crippen LogP contribution in [0.25, 0.3) is 11.2 Å². The molecule has 1 unspecified atom stereocenters.